The summed E-state index contributed by atoms with van der Waals surface area (Å²) in [5.74, 6) is 0. The molecule has 1 atom stereocenters. The van der Waals surface area contributed by atoms with E-state index in [0.29, 0.717) is 6.04 Å². The van der Waals surface area contributed by atoms with E-state index in [0.717, 1.165) is 39.3 Å². The molecule has 2 aliphatic rings. The summed E-state index contributed by atoms with van der Waals surface area (Å²) in [6, 6.07) is 0.573. The van der Waals surface area contributed by atoms with Crippen molar-refractivity contribution in [3.63, 3.8) is 0 Å². The predicted octanol–water partition coefficient (Wildman–Crippen LogP) is -0.743. The van der Waals surface area contributed by atoms with Crippen LogP contribution >= 0.6 is 0 Å². The second-order valence-corrected chi connectivity index (χ2v) is 4.57. The lowest BCUT2D eigenvalue weighted by atomic mass is 10.2. The topological polar surface area (TPSA) is 38.8 Å². The molecule has 1 unspecified atom stereocenters. The molecule has 86 valence electrons. The molecule has 1 N–H and O–H groups in total. The summed E-state index contributed by atoms with van der Waals surface area (Å²) >= 11 is 0. The van der Waals surface area contributed by atoms with Gasteiger partial charge in [0.1, 0.15) is 0 Å². The van der Waals surface area contributed by atoms with Crippen LogP contribution in [0.5, 0.6) is 0 Å². The lowest BCUT2D eigenvalue weighted by molar-refractivity contribution is 0.0944. The first-order valence-corrected chi connectivity index (χ1v) is 5.58. The molecule has 5 heteroatoms. The molecule has 2 rings (SSSR count). The van der Waals surface area contributed by atoms with Crippen molar-refractivity contribution in [2.45, 2.75) is 6.04 Å². The minimum atomic E-state index is 0.0941. The Morgan fingerprint density at radius 2 is 2.13 bits per heavy atom. The van der Waals surface area contributed by atoms with Crippen molar-refractivity contribution in [1.82, 2.24) is 20.0 Å². The Balaban J connectivity index is 1.89. The summed E-state index contributed by atoms with van der Waals surface area (Å²) in [5, 5.41) is 2.84. The van der Waals surface area contributed by atoms with E-state index in [9.17, 15) is 4.79 Å². The number of urea groups is 1. The zero-order valence-corrected chi connectivity index (χ0v) is 9.57. The largest absolute Gasteiger partial charge is 0.336 e. The zero-order valence-electron chi connectivity index (χ0n) is 9.57. The quantitative estimate of drug-likeness (QED) is 0.655. The van der Waals surface area contributed by atoms with Crippen LogP contribution in [0.3, 0.4) is 0 Å². The van der Waals surface area contributed by atoms with E-state index in [-0.39, 0.29) is 6.03 Å². The Hall–Kier alpha value is -0.810. The number of rotatable bonds is 2. The Labute approximate surface area is 91.0 Å². The average Bonchev–Trinajstić information content (AvgIpc) is 2.58. The van der Waals surface area contributed by atoms with Crippen LogP contribution in [0.15, 0.2) is 0 Å². The predicted molar refractivity (Wildman–Crippen MR) is 58.9 cm³/mol. The Bertz CT molecular complexity index is 246. The summed E-state index contributed by atoms with van der Waals surface area (Å²) in [5.41, 5.74) is 0. The second-order valence-electron chi connectivity index (χ2n) is 4.57. The fraction of sp³-hybridized carbons (Fsp3) is 0.900. The fourth-order valence-corrected chi connectivity index (χ4v) is 2.24. The molecule has 5 nitrogen and oxygen atoms in total. The van der Waals surface area contributed by atoms with Gasteiger partial charge in [0, 0.05) is 45.3 Å². The molecular weight excluding hydrogens is 192 g/mol. The van der Waals surface area contributed by atoms with Crippen molar-refractivity contribution in [1.29, 1.82) is 0 Å². The van der Waals surface area contributed by atoms with Crippen LogP contribution in [0, 0.1) is 0 Å². The van der Waals surface area contributed by atoms with Crippen LogP contribution in [0.4, 0.5) is 4.79 Å². The van der Waals surface area contributed by atoms with E-state index in [2.05, 4.69) is 29.2 Å². The van der Waals surface area contributed by atoms with Gasteiger partial charge in [0.05, 0.1) is 0 Å². The summed E-state index contributed by atoms with van der Waals surface area (Å²) in [6.07, 6.45) is 0. The van der Waals surface area contributed by atoms with Crippen LogP contribution < -0.4 is 5.32 Å². The number of nitrogens with zero attached hydrogens (tertiary/aromatic N) is 3. The van der Waals surface area contributed by atoms with Gasteiger partial charge in [-0.15, -0.1) is 0 Å². The van der Waals surface area contributed by atoms with Crippen LogP contribution in [-0.4, -0.2) is 80.1 Å². The number of hydrogen-bond acceptors (Lipinski definition) is 3. The highest BCUT2D eigenvalue weighted by Crippen LogP contribution is 2.09. The van der Waals surface area contributed by atoms with E-state index in [1.807, 2.05) is 4.90 Å². The molecule has 0 bridgehead atoms. The summed E-state index contributed by atoms with van der Waals surface area (Å²) in [7, 11) is 4.29. The van der Waals surface area contributed by atoms with Gasteiger partial charge in [-0.2, -0.15) is 0 Å². The molecule has 2 fully saturated rings. The van der Waals surface area contributed by atoms with E-state index in [1.54, 1.807) is 0 Å². The number of carbonyl (C=O) groups is 1. The van der Waals surface area contributed by atoms with Gasteiger partial charge in [0.25, 0.3) is 0 Å². The molecule has 2 amide bonds. The Kier molecular flexibility index (Phi) is 3.11. The lowest BCUT2D eigenvalue weighted by Gasteiger charge is -2.39. The maximum absolute atomic E-state index is 11.4. The third-order valence-electron chi connectivity index (χ3n) is 3.36. The first-order valence-electron chi connectivity index (χ1n) is 5.58. The van der Waals surface area contributed by atoms with E-state index in [1.165, 1.54) is 0 Å². The van der Waals surface area contributed by atoms with Crippen molar-refractivity contribution < 1.29 is 4.79 Å². The van der Waals surface area contributed by atoms with Crippen molar-refractivity contribution in [2.24, 2.45) is 0 Å². The van der Waals surface area contributed by atoms with Crippen molar-refractivity contribution in [2.75, 3.05) is 53.4 Å². The minimum absolute atomic E-state index is 0.0941. The molecule has 0 aliphatic carbocycles. The van der Waals surface area contributed by atoms with Crippen molar-refractivity contribution in [3.8, 4) is 0 Å². The van der Waals surface area contributed by atoms with Gasteiger partial charge in [-0.25, -0.2) is 4.79 Å². The highest BCUT2D eigenvalue weighted by atomic mass is 16.2. The van der Waals surface area contributed by atoms with Gasteiger partial charge < -0.3 is 15.1 Å². The molecule has 0 radical (unpaired) electrons. The van der Waals surface area contributed by atoms with Gasteiger partial charge in [-0.3, -0.25) is 4.90 Å². The third kappa shape index (κ3) is 2.41. The number of hydrogen-bond donors (Lipinski definition) is 1. The number of likely N-dealkylation sites (N-methyl/N-ethyl adjacent to an activating group) is 2. The first-order chi connectivity index (χ1) is 7.16. The molecule has 0 aromatic rings. The number of amides is 2. The molecule has 15 heavy (non-hydrogen) atoms. The summed E-state index contributed by atoms with van der Waals surface area (Å²) in [6.45, 7) is 5.78. The Morgan fingerprint density at radius 1 is 1.33 bits per heavy atom. The standard InChI is InChI=1S/C10H20N4O/c1-12-5-6-13(2)9(7-12)8-14-4-3-11-10(14)15/h9H,3-8H2,1-2H3,(H,11,15). The van der Waals surface area contributed by atoms with E-state index >= 15 is 0 Å². The number of nitrogens with one attached hydrogen (secondary N) is 1. The maximum atomic E-state index is 11.4. The SMILES string of the molecule is CN1CCN(C)C(CN2CCNC2=O)C1. The van der Waals surface area contributed by atoms with Gasteiger partial charge >= 0.3 is 6.03 Å². The van der Waals surface area contributed by atoms with Crippen molar-refractivity contribution in [3.05, 3.63) is 0 Å². The molecule has 2 aliphatic heterocycles. The molecule has 0 saturated carbocycles. The van der Waals surface area contributed by atoms with Gasteiger partial charge in [0.15, 0.2) is 0 Å². The molecule has 0 aromatic carbocycles. The zero-order chi connectivity index (χ0) is 10.8. The monoisotopic (exact) mass is 212 g/mol. The van der Waals surface area contributed by atoms with E-state index in [4.69, 9.17) is 0 Å². The minimum Gasteiger partial charge on any atom is -0.336 e. The molecule has 2 saturated heterocycles. The molecule has 0 spiro atoms. The Morgan fingerprint density at radius 3 is 2.80 bits per heavy atom. The highest BCUT2D eigenvalue weighted by molar-refractivity contribution is 5.76. The third-order valence-corrected chi connectivity index (χ3v) is 3.36. The van der Waals surface area contributed by atoms with Gasteiger partial charge in [-0.05, 0) is 14.1 Å². The van der Waals surface area contributed by atoms with Crippen LogP contribution in [-0.2, 0) is 0 Å². The van der Waals surface area contributed by atoms with Crippen LogP contribution in [0.2, 0.25) is 0 Å². The fourth-order valence-electron chi connectivity index (χ4n) is 2.24. The van der Waals surface area contributed by atoms with Crippen molar-refractivity contribution >= 4 is 6.03 Å². The summed E-state index contributed by atoms with van der Waals surface area (Å²) < 4.78 is 0. The lowest BCUT2D eigenvalue weighted by Crippen LogP contribution is -2.54. The number of carbonyl (C=O) groups excluding carboxylic acids is 1. The smallest absolute Gasteiger partial charge is 0.317 e. The van der Waals surface area contributed by atoms with Crippen LogP contribution in [0.1, 0.15) is 0 Å². The highest BCUT2D eigenvalue weighted by Gasteiger charge is 2.28. The molecule has 0 aromatic heterocycles. The second kappa shape index (κ2) is 4.37. The number of piperazine rings is 1. The van der Waals surface area contributed by atoms with Crippen LogP contribution in [0.25, 0.3) is 0 Å². The van der Waals surface area contributed by atoms with Gasteiger partial charge in [0.2, 0.25) is 0 Å². The maximum Gasteiger partial charge on any atom is 0.317 e. The average molecular weight is 212 g/mol. The normalized spacial score (nSPS) is 29.6. The van der Waals surface area contributed by atoms with Gasteiger partial charge in [-0.1, -0.05) is 0 Å². The summed E-state index contributed by atoms with van der Waals surface area (Å²) in [4.78, 5) is 18.0. The first kappa shape index (κ1) is 10.7. The van der Waals surface area contributed by atoms with E-state index < -0.39 is 0 Å². The molecule has 2 heterocycles. The molecular formula is C10H20N4O.